The van der Waals surface area contributed by atoms with E-state index >= 15 is 0 Å². The number of pyridine rings is 2. The second-order valence-corrected chi connectivity index (χ2v) is 11.1. The summed E-state index contributed by atoms with van der Waals surface area (Å²) in [6.45, 7) is 3.15. The van der Waals surface area contributed by atoms with Crippen LogP contribution in [0, 0.1) is 12.1 Å². The normalized spacial score (nSPS) is 11.0. The Morgan fingerprint density at radius 2 is 1.56 bits per heavy atom. The summed E-state index contributed by atoms with van der Waals surface area (Å²) in [5.74, 6) is 2.33. The summed E-state index contributed by atoms with van der Waals surface area (Å²) in [5.41, 5.74) is 5.12. The van der Waals surface area contributed by atoms with Crippen LogP contribution in [-0.4, -0.2) is 34.2 Å². The molecule has 0 saturated carbocycles. The average Bonchev–Trinajstić information content (AvgIpc) is 3.77. The molecule has 12 nitrogen and oxygen atoms in total. The molecule has 0 fully saturated rings. The lowest BCUT2D eigenvalue weighted by atomic mass is 10.2. The van der Waals surface area contributed by atoms with E-state index in [0.29, 0.717) is 30.2 Å². The highest BCUT2D eigenvalue weighted by Crippen LogP contribution is 2.26. The van der Waals surface area contributed by atoms with Crippen LogP contribution in [0.25, 0.3) is 22.7 Å². The minimum atomic E-state index is 0.483. The monoisotopic (exact) mass is 702 g/mol. The van der Waals surface area contributed by atoms with Crippen LogP contribution in [-0.2, 0) is 13.1 Å². The third-order valence-corrected chi connectivity index (χ3v) is 7.38. The van der Waals surface area contributed by atoms with Gasteiger partial charge in [-0.05, 0) is 68.6 Å². The molecule has 0 atom stereocenters. The molecular weight excluding hydrogens is 680 g/mol. The third kappa shape index (κ3) is 6.49. The molecule has 7 aromatic heterocycles. The number of hydrogen-bond donors (Lipinski definition) is 2. The fourth-order valence-corrected chi connectivity index (χ4v) is 4.99. The average molecular weight is 704 g/mol. The van der Waals surface area contributed by atoms with E-state index in [1.807, 2.05) is 55.6 Å². The Kier molecular flexibility index (Phi) is 8.29. The predicted octanol–water partition coefficient (Wildman–Crippen LogP) is 5.80. The van der Waals surface area contributed by atoms with E-state index in [0.717, 1.165) is 47.8 Å². The molecule has 7 heterocycles. The minimum absolute atomic E-state index is 0.483. The molecule has 7 rings (SSSR count). The maximum absolute atomic E-state index is 11.4. The predicted molar refractivity (Wildman–Crippen MR) is 168 cm³/mol. The van der Waals surface area contributed by atoms with Gasteiger partial charge in [-0.3, -0.25) is 4.98 Å². The Morgan fingerprint density at radius 3 is 2.23 bits per heavy atom. The smallest absolute Gasteiger partial charge is 0.185 e. The van der Waals surface area contributed by atoms with Gasteiger partial charge in [0.1, 0.15) is 17.3 Å². The van der Waals surface area contributed by atoms with Crippen molar-refractivity contribution in [3.05, 3.63) is 123 Å². The first-order valence-electron chi connectivity index (χ1n) is 13.1. The summed E-state index contributed by atoms with van der Waals surface area (Å²) >= 11 is 6.90. The summed E-state index contributed by atoms with van der Waals surface area (Å²) in [4.78, 5) is 13.1. The molecule has 0 aliphatic carbocycles. The van der Waals surface area contributed by atoms with Gasteiger partial charge in [-0.25, -0.2) is 9.97 Å². The highest BCUT2D eigenvalue weighted by Gasteiger charge is 2.13. The molecule has 216 valence electrons. The first kappa shape index (κ1) is 28.3. The Labute approximate surface area is 262 Å². The van der Waals surface area contributed by atoms with E-state index in [1.165, 1.54) is 12.4 Å². The van der Waals surface area contributed by atoms with E-state index < -0.39 is 0 Å². The molecule has 0 unspecified atom stereocenters. The molecule has 2 N–H and O–H groups in total. The van der Waals surface area contributed by atoms with Crippen LogP contribution in [0.1, 0.15) is 16.8 Å². The van der Waals surface area contributed by atoms with Crippen LogP contribution in [0.5, 0.6) is 0 Å². The van der Waals surface area contributed by atoms with Crippen molar-refractivity contribution in [2.45, 2.75) is 20.0 Å². The molecule has 0 amide bonds. The van der Waals surface area contributed by atoms with E-state index in [4.69, 9.17) is 4.42 Å². The summed E-state index contributed by atoms with van der Waals surface area (Å²) in [7, 11) is 0. The first-order chi connectivity index (χ1) is 20.9. The largest absolute Gasteiger partial charge is 0.619 e. The molecule has 7 aromatic rings. The molecular formula is C29H24Br2N10O2. The van der Waals surface area contributed by atoms with Crippen molar-refractivity contribution in [2.24, 2.45) is 0 Å². The van der Waals surface area contributed by atoms with Crippen molar-refractivity contribution in [3.8, 4) is 11.5 Å². The molecule has 43 heavy (non-hydrogen) atoms. The Balaban J connectivity index is 0.000000157. The van der Waals surface area contributed by atoms with E-state index in [9.17, 15) is 5.21 Å². The van der Waals surface area contributed by atoms with Crippen molar-refractivity contribution >= 4 is 54.8 Å². The molecule has 0 radical (unpaired) electrons. The maximum Gasteiger partial charge on any atom is 0.185 e. The Hall–Kier alpha value is -4.82. The summed E-state index contributed by atoms with van der Waals surface area (Å²) in [6.07, 6.45) is 11.6. The highest BCUT2D eigenvalue weighted by atomic mass is 79.9. The lowest BCUT2D eigenvalue weighted by molar-refractivity contribution is -0.605. The quantitative estimate of drug-likeness (QED) is 0.156. The molecule has 0 aliphatic rings. The van der Waals surface area contributed by atoms with Crippen LogP contribution >= 0.6 is 31.9 Å². The molecule has 0 aliphatic heterocycles. The van der Waals surface area contributed by atoms with Gasteiger partial charge in [0.2, 0.25) is 0 Å². The van der Waals surface area contributed by atoms with Crippen LogP contribution in [0.4, 0.5) is 11.6 Å². The number of rotatable bonds is 7. The molecule has 0 bridgehead atoms. The lowest BCUT2D eigenvalue weighted by Gasteiger charge is -2.10. The van der Waals surface area contributed by atoms with Gasteiger partial charge in [0, 0.05) is 54.9 Å². The molecule has 0 spiro atoms. The van der Waals surface area contributed by atoms with Crippen molar-refractivity contribution in [2.75, 3.05) is 10.6 Å². The van der Waals surface area contributed by atoms with Gasteiger partial charge in [0.25, 0.3) is 0 Å². The van der Waals surface area contributed by atoms with Gasteiger partial charge in [-0.2, -0.15) is 24.0 Å². The number of nitrogens with one attached hydrogen (secondary N) is 2. The maximum atomic E-state index is 11.4. The van der Waals surface area contributed by atoms with Crippen molar-refractivity contribution in [1.29, 1.82) is 0 Å². The van der Waals surface area contributed by atoms with Gasteiger partial charge in [0.05, 0.1) is 27.6 Å². The van der Waals surface area contributed by atoms with E-state index in [-0.39, 0.29) is 0 Å². The lowest BCUT2D eigenvalue weighted by Crippen LogP contribution is -2.25. The zero-order valence-corrected chi connectivity index (χ0v) is 25.9. The fraction of sp³-hybridized carbons (Fsp3) is 0.103. The van der Waals surface area contributed by atoms with Crippen LogP contribution in [0.3, 0.4) is 0 Å². The van der Waals surface area contributed by atoms with Gasteiger partial charge in [-0.1, -0.05) is 6.07 Å². The number of fused-ring (bicyclic) bond motifs is 2. The van der Waals surface area contributed by atoms with E-state index in [2.05, 4.69) is 67.6 Å². The summed E-state index contributed by atoms with van der Waals surface area (Å²) in [5, 5.41) is 26.6. The second-order valence-electron chi connectivity index (χ2n) is 9.38. The first-order valence-corrected chi connectivity index (χ1v) is 14.7. The van der Waals surface area contributed by atoms with Gasteiger partial charge in [-0.15, -0.1) is 0 Å². The van der Waals surface area contributed by atoms with Gasteiger partial charge in [0.15, 0.2) is 29.4 Å². The van der Waals surface area contributed by atoms with Crippen molar-refractivity contribution < 1.29 is 9.15 Å². The minimum Gasteiger partial charge on any atom is -0.619 e. The SMILES string of the molecule is Cc1cc(NCc2cccnc2)n2ncc(Br)c2n1.[O-][n+]1cccc(CNc2cc(-c3ccco3)nc3c(Br)cnn23)c1. The van der Waals surface area contributed by atoms with E-state index in [1.54, 1.807) is 40.0 Å². The number of aryl methyl sites for hydroxylation is 1. The van der Waals surface area contributed by atoms with Crippen molar-refractivity contribution in [1.82, 2.24) is 34.2 Å². The third-order valence-electron chi connectivity index (χ3n) is 6.27. The number of anilines is 2. The topological polar surface area (TPSA) is 137 Å². The molecule has 0 saturated heterocycles. The standard InChI is InChI=1S/C16H12BrN5O2.C13H12BrN5/c17-12-9-19-22-15(18-8-11-3-1-5-21(23)10-11)7-13(20-16(12)22)14-4-2-6-24-14;1-9-5-12(16-7-10-3-2-4-15-6-10)19-13(18-9)11(14)8-17-19/h1-7,9-10,18H,8H2;2-6,8,16H,7H2,1H3. The van der Waals surface area contributed by atoms with Crippen molar-refractivity contribution in [3.63, 3.8) is 0 Å². The number of nitrogens with zero attached hydrogens (tertiary/aromatic N) is 8. The van der Waals surface area contributed by atoms with Crippen LogP contribution in [0.2, 0.25) is 0 Å². The van der Waals surface area contributed by atoms with Gasteiger partial charge < -0.3 is 20.3 Å². The zero-order chi connectivity index (χ0) is 29.8. The summed E-state index contributed by atoms with van der Waals surface area (Å²) in [6, 6.07) is 15.1. The Morgan fingerprint density at radius 1 is 0.860 bits per heavy atom. The number of hydrogen-bond acceptors (Lipinski definition) is 9. The van der Waals surface area contributed by atoms with Crippen LogP contribution in [0.15, 0.2) is 105 Å². The highest BCUT2D eigenvalue weighted by molar-refractivity contribution is 9.11. The fourth-order valence-electron chi connectivity index (χ4n) is 4.29. The Bertz CT molecular complexity index is 1990. The molecule has 14 heteroatoms. The number of halogens is 2. The molecule has 0 aromatic carbocycles. The van der Waals surface area contributed by atoms with Gasteiger partial charge >= 0.3 is 0 Å². The number of furan rings is 1. The zero-order valence-electron chi connectivity index (χ0n) is 22.7. The number of aromatic nitrogens is 8. The summed E-state index contributed by atoms with van der Waals surface area (Å²) < 4.78 is 11.4. The second kappa shape index (κ2) is 12.6. The van der Waals surface area contributed by atoms with Crippen LogP contribution < -0.4 is 15.4 Å².